The lowest BCUT2D eigenvalue weighted by Crippen LogP contribution is -2.31. The predicted molar refractivity (Wildman–Crippen MR) is 92.1 cm³/mol. The van der Waals surface area contributed by atoms with Gasteiger partial charge in [0.05, 0.1) is 6.20 Å². The third kappa shape index (κ3) is 5.87. The van der Waals surface area contributed by atoms with Gasteiger partial charge in [0.15, 0.2) is 0 Å². The van der Waals surface area contributed by atoms with E-state index < -0.39 is 0 Å². The molecule has 6 nitrogen and oxygen atoms in total. The summed E-state index contributed by atoms with van der Waals surface area (Å²) in [6.45, 7) is 0.943. The molecule has 0 aliphatic heterocycles. The molecule has 128 valence electrons. The van der Waals surface area contributed by atoms with Gasteiger partial charge in [0.1, 0.15) is 0 Å². The monoisotopic (exact) mass is 328 g/mol. The third-order valence-electron chi connectivity index (χ3n) is 3.75. The molecule has 0 radical (unpaired) electrons. The van der Waals surface area contributed by atoms with Crippen LogP contribution >= 0.6 is 0 Å². The minimum absolute atomic E-state index is 0.0198. The van der Waals surface area contributed by atoms with Gasteiger partial charge in [0.2, 0.25) is 11.8 Å². The van der Waals surface area contributed by atoms with E-state index in [0.29, 0.717) is 32.4 Å². The van der Waals surface area contributed by atoms with E-state index >= 15 is 0 Å². The molecule has 1 heterocycles. The molecule has 1 aromatic heterocycles. The van der Waals surface area contributed by atoms with Crippen molar-refractivity contribution in [2.24, 2.45) is 7.05 Å². The van der Waals surface area contributed by atoms with E-state index in [-0.39, 0.29) is 11.8 Å². The van der Waals surface area contributed by atoms with Crippen LogP contribution in [0.25, 0.3) is 0 Å². The number of benzene rings is 1. The van der Waals surface area contributed by atoms with Crippen molar-refractivity contribution in [1.29, 1.82) is 0 Å². The Morgan fingerprint density at radius 2 is 1.92 bits per heavy atom. The SMILES string of the molecule is CN(Cc1ccccc1)C(=O)CCNC(=O)CCc1cnn(C)c1. The van der Waals surface area contributed by atoms with Crippen molar-refractivity contribution in [1.82, 2.24) is 20.0 Å². The highest BCUT2D eigenvalue weighted by Crippen LogP contribution is 2.04. The number of nitrogens with one attached hydrogen (secondary N) is 1. The first kappa shape index (κ1) is 17.7. The molecule has 0 aliphatic rings. The smallest absolute Gasteiger partial charge is 0.224 e. The van der Waals surface area contributed by atoms with E-state index in [4.69, 9.17) is 0 Å². The Labute approximate surface area is 142 Å². The first-order valence-electron chi connectivity index (χ1n) is 8.06. The molecule has 0 aliphatic carbocycles. The summed E-state index contributed by atoms with van der Waals surface area (Å²) in [5.74, 6) is -0.0243. The number of hydrogen-bond acceptors (Lipinski definition) is 3. The summed E-state index contributed by atoms with van der Waals surface area (Å²) >= 11 is 0. The van der Waals surface area contributed by atoms with Crippen molar-refractivity contribution >= 4 is 11.8 Å². The van der Waals surface area contributed by atoms with Crippen molar-refractivity contribution in [3.63, 3.8) is 0 Å². The lowest BCUT2D eigenvalue weighted by atomic mass is 10.2. The van der Waals surface area contributed by atoms with Crippen molar-refractivity contribution in [2.45, 2.75) is 25.8 Å². The fraction of sp³-hybridized carbons (Fsp3) is 0.389. The summed E-state index contributed by atoms with van der Waals surface area (Å²) in [5.41, 5.74) is 2.13. The number of rotatable bonds is 8. The third-order valence-corrected chi connectivity index (χ3v) is 3.75. The second-order valence-corrected chi connectivity index (χ2v) is 5.86. The van der Waals surface area contributed by atoms with Gasteiger partial charge in [0.25, 0.3) is 0 Å². The molecule has 2 rings (SSSR count). The normalized spacial score (nSPS) is 10.4. The summed E-state index contributed by atoms with van der Waals surface area (Å²) in [4.78, 5) is 25.6. The Balaban J connectivity index is 1.63. The topological polar surface area (TPSA) is 67.2 Å². The van der Waals surface area contributed by atoms with Crippen LogP contribution in [0.2, 0.25) is 0 Å². The second kappa shape index (κ2) is 8.86. The molecular formula is C18H24N4O2. The maximum Gasteiger partial charge on any atom is 0.224 e. The van der Waals surface area contributed by atoms with Crippen molar-refractivity contribution in [2.75, 3.05) is 13.6 Å². The Kier molecular flexibility index (Phi) is 6.54. The van der Waals surface area contributed by atoms with E-state index in [1.165, 1.54) is 0 Å². The number of hydrogen-bond donors (Lipinski definition) is 1. The molecule has 24 heavy (non-hydrogen) atoms. The van der Waals surface area contributed by atoms with Crippen LogP contribution in [0.15, 0.2) is 42.7 Å². The molecule has 0 saturated heterocycles. The van der Waals surface area contributed by atoms with Crippen LogP contribution in [0.5, 0.6) is 0 Å². The molecule has 2 aromatic rings. The number of carbonyl (C=O) groups is 2. The zero-order chi connectivity index (χ0) is 17.4. The first-order chi connectivity index (χ1) is 11.5. The number of amides is 2. The van der Waals surface area contributed by atoms with Crippen molar-refractivity contribution < 1.29 is 9.59 Å². The highest BCUT2D eigenvalue weighted by molar-refractivity contribution is 5.79. The lowest BCUT2D eigenvalue weighted by molar-refractivity contribution is -0.130. The van der Waals surface area contributed by atoms with E-state index in [1.807, 2.05) is 43.6 Å². The van der Waals surface area contributed by atoms with E-state index in [2.05, 4.69) is 10.4 Å². The summed E-state index contributed by atoms with van der Waals surface area (Å²) in [5, 5.41) is 6.86. The number of aryl methyl sites for hydroxylation is 2. The Morgan fingerprint density at radius 3 is 2.58 bits per heavy atom. The van der Waals surface area contributed by atoms with Gasteiger partial charge < -0.3 is 10.2 Å². The minimum Gasteiger partial charge on any atom is -0.356 e. The molecule has 1 N–H and O–H groups in total. The van der Waals surface area contributed by atoms with Crippen molar-refractivity contribution in [3.8, 4) is 0 Å². The van der Waals surface area contributed by atoms with Gasteiger partial charge in [-0.15, -0.1) is 0 Å². The summed E-state index contributed by atoms with van der Waals surface area (Å²) in [6, 6.07) is 9.84. The number of carbonyl (C=O) groups excluding carboxylic acids is 2. The number of aromatic nitrogens is 2. The van der Waals surface area contributed by atoms with Crippen LogP contribution in [0.4, 0.5) is 0 Å². The first-order valence-corrected chi connectivity index (χ1v) is 8.06. The van der Waals surface area contributed by atoms with Gasteiger partial charge in [-0.25, -0.2) is 0 Å². The van der Waals surface area contributed by atoms with Gasteiger partial charge >= 0.3 is 0 Å². The van der Waals surface area contributed by atoms with Crippen LogP contribution in [0, 0.1) is 0 Å². The van der Waals surface area contributed by atoms with E-state index in [0.717, 1.165) is 11.1 Å². The number of nitrogens with zero attached hydrogens (tertiary/aromatic N) is 3. The average molecular weight is 328 g/mol. The van der Waals surface area contributed by atoms with Gasteiger partial charge in [-0.2, -0.15) is 5.10 Å². The molecule has 0 fully saturated rings. The molecule has 2 amide bonds. The predicted octanol–water partition coefficient (Wildman–Crippen LogP) is 1.52. The Morgan fingerprint density at radius 1 is 1.17 bits per heavy atom. The minimum atomic E-state index is -0.0441. The lowest BCUT2D eigenvalue weighted by Gasteiger charge is -2.17. The van der Waals surface area contributed by atoms with E-state index in [1.54, 1.807) is 22.8 Å². The molecule has 0 atom stereocenters. The highest BCUT2D eigenvalue weighted by Gasteiger charge is 2.10. The molecule has 6 heteroatoms. The van der Waals surface area contributed by atoms with Gasteiger partial charge in [-0.1, -0.05) is 30.3 Å². The van der Waals surface area contributed by atoms with Crippen molar-refractivity contribution in [3.05, 3.63) is 53.9 Å². The standard InChI is InChI=1S/C18H24N4O2/c1-21(13-15-6-4-3-5-7-15)18(24)10-11-19-17(23)9-8-16-12-20-22(2)14-16/h3-7,12,14H,8-11,13H2,1-2H3,(H,19,23). The van der Waals surface area contributed by atoms with Crippen LogP contribution in [-0.4, -0.2) is 40.1 Å². The summed E-state index contributed by atoms with van der Waals surface area (Å²) in [6.07, 6.45) is 5.02. The molecule has 0 bridgehead atoms. The van der Waals surface area contributed by atoms with Crippen LogP contribution in [0.3, 0.4) is 0 Å². The molecule has 0 spiro atoms. The molecular weight excluding hydrogens is 304 g/mol. The maximum atomic E-state index is 12.1. The average Bonchev–Trinajstić information content (AvgIpc) is 2.99. The van der Waals surface area contributed by atoms with Crippen LogP contribution in [0.1, 0.15) is 24.0 Å². The fourth-order valence-electron chi connectivity index (χ4n) is 2.39. The van der Waals surface area contributed by atoms with Gasteiger partial charge in [0, 0.05) is 46.2 Å². The van der Waals surface area contributed by atoms with Gasteiger partial charge in [-0.3, -0.25) is 14.3 Å². The van der Waals surface area contributed by atoms with Crippen LogP contribution in [-0.2, 0) is 29.6 Å². The van der Waals surface area contributed by atoms with Crippen LogP contribution < -0.4 is 5.32 Å². The zero-order valence-corrected chi connectivity index (χ0v) is 14.2. The molecule has 0 unspecified atom stereocenters. The highest BCUT2D eigenvalue weighted by atomic mass is 16.2. The Hall–Kier alpha value is -2.63. The quantitative estimate of drug-likeness (QED) is 0.799. The summed E-state index contributed by atoms with van der Waals surface area (Å²) in [7, 11) is 3.63. The summed E-state index contributed by atoms with van der Waals surface area (Å²) < 4.78 is 1.72. The Bertz CT molecular complexity index is 667. The van der Waals surface area contributed by atoms with Gasteiger partial charge in [-0.05, 0) is 17.5 Å². The maximum absolute atomic E-state index is 12.1. The molecule has 0 saturated carbocycles. The zero-order valence-electron chi connectivity index (χ0n) is 14.2. The van der Waals surface area contributed by atoms with E-state index in [9.17, 15) is 9.59 Å². The fourth-order valence-corrected chi connectivity index (χ4v) is 2.39. The molecule has 1 aromatic carbocycles. The second-order valence-electron chi connectivity index (χ2n) is 5.86. The largest absolute Gasteiger partial charge is 0.356 e.